The third-order valence-corrected chi connectivity index (χ3v) is 10.7. The maximum atomic E-state index is 12.3. The first-order valence-corrected chi connectivity index (χ1v) is 12.3. The van der Waals surface area contributed by atoms with Crippen molar-refractivity contribution >= 4 is 5.78 Å². The van der Waals surface area contributed by atoms with Gasteiger partial charge in [-0.1, -0.05) is 13.8 Å². The first-order chi connectivity index (χ1) is 13.4. The number of hydrogen-bond acceptors (Lipinski definition) is 3. The van der Waals surface area contributed by atoms with E-state index in [0.29, 0.717) is 22.5 Å². The molecule has 0 amide bonds. The molecule has 0 aromatic carbocycles. The summed E-state index contributed by atoms with van der Waals surface area (Å²) in [4.78, 5) is 15.1. The van der Waals surface area contributed by atoms with Gasteiger partial charge in [-0.25, -0.2) is 0 Å². The fourth-order valence-electron chi connectivity index (χ4n) is 9.18. The molecule has 28 heavy (non-hydrogen) atoms. The highest BCUT2D eigenvalue weighted by Crippen LogP contribution is 2.67. The number of ether oxygens (including phenoxy) is 1. The predicted octanol–water partition coefficient (Wildman–Crippen LogP) is 4.94. The maximum Gasteiger partial charge on any atom is 0.133 e. The molecule has 1 heterocycles. The molecule has 158 valence electrons. The van der Waals surface area contributed by atoms with Crippen LogP contribution < -0.4 is 0 Å². The second-order valence-corrected chi connectivity index (χ2v) is 11.5. The average molecular weight is 388 g/mol. The highest BCUT2D eigenvalue weighted by atomic mass is 16.5. The van der Waals surface area contributed by atoms with E-state index >= 15 is 0 Å². The van der Waals surface area contributed by atoms with Gasteiger partial charge >= 0.3 is 0 Å². The number of fused-ring (bicyclic) bond motifs is 5. The number of rotatable bonds is 2. The Morgan fingerprint density at radius 1 is 0.893 bits per heavy atom. The first-order valence-electron chi connectivity index (χ1n) is 12.3. The number of hydrogen-bond donors (Lipinski definition) is 0. The molecule has 0 radical (unpaired) electrons. The van der Waals surface area contributed by atoms with Crippen molar-refractivity contribution in [1.82, 2.24) is 4.90 Å². The van der Waals surface area contributed by atoms with Gasteiger partial charge in [0, 0.05) is 25.0 Å². The van der Waals surface area contributed by atoms with Crippen LogP contribution in [0, 0.1) is 40.4 Å². The summed E-state index contributed by atoms with van der Waals surface area (Å²) in [6, 6.07) is 0.806. The highest BCUT2D eigenvalue weighted by Gasteiger charge is 2.60. The molecular weight excluding hydrogens is 346 g/mol. The molecule has 0 aromatic heterocycles. The Balaban J connectivity index is 1.33. The van der Waals surface area contributed by atoms with Crippen LogP contribution in [0.2, 0.25) is 0 Å². The number of morpholine rings is 1. The minimum absolute atomic E-state index is 0.307. The minimum Gasteiger partial charge on any atom is -0.379 e. The van der Waals surface area contributed by atoms with Crippen LogP contribution >= 0.6 is 0 Å². The quantitative estimate of drug-likeness (QED) is 0.672. The number of nitrogens with zero attached hydrogens (tertiary/aromatic N) is 1. The lowest BCUT2D eigenvalue weighted by Crippen LogP contribution is -2.56. The van der Waals surface area contributed by atoms with Crippen molar-refractivity contribution in [2.24, 2.45) is 40.4 Å². The van der Waals surface area contributed by atoms with Gasteiger partial charge in [0.2, 0.25) is 0 Å². The van der Waals surface area contributed by atoms with Gasteiger partial charge in [0.15, 0.2) is 0 Å². The molecule has 5 aliphatic rings. The number of carbonyl (C=O) groups excluding carboxylic acids is 1. The van der Waals surface area contributed by atoms with Crippen molar-refractivity contribution in [2.45, 2.75) is 84.6 Å². The van der Waals surface area contributed by atoms with Gasteiger partial charge in [-0.2, -0.15) is 0 Å². The summed E-state index contributed by atoms with van der Waals surface area (Å²) in [5.74, 6) is 4.36. The van der Waals surface area contributed by atoms with E-state index in [1.807, 2.05) is 6.92 Å². The molecule has 0 unspecified atom stereocenters. The molecular formula is C25H41NO2. The van der Waals surface area contributed by atoms with Gasteiger partial charge in [0.1, 0.15) is 5.78 Å². The van der Waals surface area contributed by atoms with Gasteiger partial charge < -0.3 is 4.74 Å². The smallest absolute Gasteiger partial charge is 0.133 e. The zero-order valence-electron chi connectivity index (χ0n) is 18.4. The van der Waals surface area contributed by atoms with Crippen molar-refractivity contribution < 1.29 is 9.53 Å². The van der Waals surface area contributed by atoms with E-state index in [1.54, 1.807) is 0 Å². The Hall–Kier alpha value is -0.410. The second kappa shape index (κ2) is 7.08. The van der Waals surface area contributed by atoms with Crippen LogP contribution in [0.15, 0.2) is 0 Å². The fourth-order valence-corrected chi connectivity index (χ4v) is 9.18. The first kappa shape index (κ1) is 19.5. The van der Waals surface area contributed by atoms with Crippen LogP contribution in [0.1, 0.15) is 78.6 Å². The lowest BCUT2D eigenvalue weighted by molar-refractivity contribution is -0.137. The van der Waals surface area contributed by atoms with E-state index in [-0.39, 0.29) is 0 Å². The highest BCUT2D eigenvalue weighted by molar-refractivity contribution is 5.79. The molecule has 1 aliphatic heterocycles. The predicted molar refractivity (Wildman–Crippen MR) is 112 cm³/mol. The Morgan fingerprint density at radius 3 is 2.36 bits per heavy atom. The van der Waals surface area contributed by atoms with Gasteiger partial charge in [0.05, 0.1) is 13.2 Å². The average Bonchev–Trinajstić information content (AvgIpc) is 3.05. The summed E-state index contributed by atoms with van der Waals surface area (Å²) in [6.07, 6.45) is 12.3. The summed E-state index contributed by atoms with van der Waals surface area (Å²) in [7, 11) is 0. The van der Waals surface area contributed by atoms with Gasteiger partial charge in [-0.3, -0.25) is 9.69 Å². The van der Waals surface area contributed by atoms with Crippen molar-refractivity contribution in [2.75, 3.05) is 26.3 Å². The van der Waals surface area contributed by atoms with Crippen LogP contribution in [0.5, 0.6) is 0 Å². The van der Waals surface area contributed by atoms with Gasteiger partial charge in [-0.05, 0) is 99.2 Å². The summed E-state index contributed by atoms with van der Waals surface area (Å²) >= 11 is 0. The lowest BCUT2D eigenvalue weighted by atomic mass is 9.44. The van der Waals surface area contributed by atoms with E-state index < -0.39 is 0 Å². The largest absolute Gasteiger partial charge is 0.379 e. The standard InChI is InChI=1S/C25H41NO2/c1-17(27)21-6-7-22-20-5-4-18-16-19(26-12-14-28-15-13-26)8-10-24(18,2)23(20)9-11-25(21,22)3/h18-23H,4-16H2,1-3H3/t18-,19-,20+,21-,22+,23+,24+,25-/m1/s1. The Morgan fingerprint density at radius 2 is 1.61 bits per heavy atom. The third-order valence-electron chi connectivity index (χ3n) is 10.7. The SMILES string of the molecule is CC(=O)[C@H]1CC[C@H]2[C@@H]3CC[C@@H]4C[C@H](N5CCOCC5)CC[C@]4(C)[C@H]3CC[C@]12C. The van der Waals surface area contributed by atoms with E-state index in [4.69, 9.17) is 4.74 Å². The monoisotopic (exact) mass is 387 g/mol. The molecule has 0 N–H and O–H groups in total. The van der Waals surface area contributed by atoms with Crippen LogP contribution in [-0.4, -0.2) is 43.0 Å². The lowest BCUT2D eigenvalue weighted by Gasteiger charge is -2.61. The molecule has 1 saturated heterocycles. The molecule has 8 atom stereocenters. The normalized spacial score (nSPS) is 51.8. The molecule has 3 heteroatoms. The van der Waals surface area contributed by atoms with E-state index in [9.17, 15) is 4.79 Å². The summed E-state index contributed by atoms with van der Waals surface area (Å²) in [5, 5.41) is 0. The maximum absolute atomic E-state index is 12.3. The van der Waals surface area contributed by atoms with Crippen LogP contribution in [-0.2, 0) is 9.53 Å². The zero-order chi connectivity index (χ0) is 19.5. The van der Waals surface area contributed by atoms with Crippen molar-refractivity contribution in [1.29, 1.82) is 0 Å². The molecule has 5 rings (SSSR count). The van der Waals surface area contributed by atoms with Crippen molar-refractivity contribution in [3.63, 3.8) is 0 Å². The molecule has 0 bridgehead atoms. The Labute approximate surface area is 172 Å². The topological polar surface area (TPSA) is 29.5 Å². The molecule has 5 fully saturated rings. The van der Waals surface area contributed by atoms with Crippen LogP contribution in [0.25, 0.3) is 0 Å². The van der Waals surface area contributed by atoms with Crippen molar-refractivity contribution in [3.8, 4) is 0 Å². The molecule has 4 aliphatic carbocycles. The fraction of sp³-hybridized carbons (Fsp3) is 0.960. The van der Waals surface area contributed by atoms with E-state index in [2.05, 4.69) is 18.7 Å². The number of ketones is 1. The van der Waals surface area contributed by atoms with Gasteiger partial charge in [-0.15, -0.1) is 0 Å². The van der Waals surface area contributed by atoms with E-state index in [0.717, 1.165) is 56.0 Å². The Kier molecular flexibility index (Phi) is 4.94. The van der Waals surface area contributed by atoms with Crippen LogP contribution in [0.3, 0.4) is 0 Å². The number of Topliss-reactive ketones (excluding diaryl/α,β-unsaturated/α-hetero) is 1. The van der Waals surface area contributed by atoms with Crippen LogP contribution in [0.4, 0.5) is 0 Å². The number of carbonyl (C=O) groups is 1. The summed E-state index contributed by atoms with van der Waals surface area (Å²) in [6.45, 7) is 11.2. The van der Waals surface area contributed by atoms with Gasteiger partial charge in [0.25, 0.3) is 0 Å². The molecule has 4 saturated carbocycles. The Bertz CT molecular complexity index is 614. The minimum atomic E-state index is 0.307. The third kappa shape index (κ3) is 2.86. The summed E-state index contributed by atoms with van der Waals surface area (Å²) in [5.41, 5.74) is 0.864. The zero-order valence-corrected chi connectivity index (χ0v) is 18.4. The molecule has 0 spiro atoms. The van der Waals surface area contributed by atoms with E-state index in [1.165, 1.54) is 57.8 Å². The summed E-state index contributed by atoms with van der Waals surface area (Å²) < 4.78 is 5.60. The second-order valence-electron chi connectivity index (χ2n) is 11.5. The molecule has 0 aromatic rings. The molecule has 3 nitrogen and oxygen atoms in total. The van der Waals surface area contributed by atoms with Crippen molar-refractivity contribution in [3.05, 3.63) is 0 Å².